The van der Waals surface area contributed by atoms with Crippen LogP contribution >= 0.6 is 0 Å². The normalized spacial score (nSPS) is 11.1. The van der Waals surface area contributed by atoms with Gasteiger partial charge in [0.05, 0.1) is 23.3 Å². The lowest BCUT2D eigenvalue weighted by atomic mass is 10.1. The fourth-order valence-corrected chi connectivity index (χ4v) is 2.77. The van der Waals surface area contributed by atoms with E-state index in [4.69, 9.17) is 4.52 Å². The summed E-state index contributed by atoms with van der Waals surface area (Å²) < 4.78 is 5.13. The molecule has 28 heavy (non-hydrogen) atoms. The van der Waals surface area contributed by atoms with E-state index in [0.29, 0.717) is 17.3 Å². The van der Waals surface area contributed by atoms with Crippen LogP contribution in [0, 0.1) is 0 Å². The third kappa shape index (κ3) is 3.73. The third-order valence-corrected chi connectivity index (χ3v) is 4.31. The number of carbonyl (C=O) groups excluding carboxylic acids is 1. The zero-order valence-corrected chi connectivity index (χ0v) is 15.6. The van der Waals surface area contributed by atoms with Crippen molar-refractivity contribution in [3.8, 4) is 11.3 Å². The highest BCUT2D eigenvalue weighted by molar-refractivity contribution is 5.94. The van der Waals surface area contributed by atoms with E-state index in [2.05, 4.69) is 25.4 Å². The summed E-state index contributed by atoms with van der Waals surface area (Å²) in [4.78, 5) is 25.3. The molecule has 0 saturated carbocycles. The van der Waals surface area contributed by atoms with E-state index in [-0.39, 0.29) is 18.4 Å². The number of nitrogens with zero attached hydrogens (tertiary/aromatic N) is 4. The van der Waals surface area contributed by atoms with Crippen LogP contribution in [0.4, 0.5) is 0 Å². The molecule has 0 radical (unpaired) electrons. The first kappa shape index (κ1) is 17.8. The van der Waals surface area contributed by atoms with Crippen LogP contribution in [0.3, 0.4) is 0 Å². The molecule has 0 bridgehead atoms. The molecule has 0 aliphatic carbocycles. The second kappa shape index (κ2) is 7.56. The van der Waals surface area contributed by atoms with E-state index < -0.39 is 0 Å². The van der Waals surface area contributed by atoms with Gasteiger partial charge in [0, 0.05) is 29.3 Å². The second-order valence-electron chi connectivity index (χ2n) is 6.73. The molecule has 0 fully saturated rings. The van der Waals surface area contributed by atoms with Crippen molar-refractivity contribution in [3.05, 3.63) is 72.1 Å². The maximum absolute atomic E-state index is 12.3. The highest BCUT2D eigenvalue weighted by Gasteiger charge is 2.12. The van der Waals surface area contributed by atoms with Gasteiger partial charge < -0.3 is 9.84 Å². The van der Waals surface area contributed by atoms with Gasteiger partial charge in [-0.3, -0.25) is 14.8 Å². The van der Waals surface area contributed by atoms with Gasteiger partial charge in [0.2, 0.25) is 5.89 Å². The van der Waals surface area contributed by atoms with Crippen molar-refractivity contribution in [1.29, 1.82) is 0 Å². The number of carbonyl (C=O) groups is 1. The Bertz CT molecular complexity index is 1120. The van der Waals surface area contributed by atoms with Crippen molar-refractivity contribution in [2.75, 3.05) is 0 Å². The molecule has 0 aliphatic heterocycles. The minimum Gasteiger partial charge on any atom is -0.345 e. The van der Waals surface area contributed by atoms with Crippen molar-refractivity contribution >= 4 is 16.8 Å². The summed E-state index contributed by atoms with van der Waals surface area (Å²) in [6, 6.07) is 13.5. The van der Waals surface area contributed by atoms with E-state index in [1.165, 1.54) is 0 Å². The van der Waals surface area contributed by atoms with Crippen LogP contribution in [0.1, 0.15) is 41.8 Å². The molecule has 3 aromatic heterocycles. The summed E-state index contributed by atoms with van der Waals surface area (Å²) >= 11 is 0. The SMILES string of the molecule is CC(C)c1nc(CNC(=O)c2ccc(-c3ccc4ncccc4c3)nc2)no1. The number of hydrogen-bond acceptors (Lipinski definition) is 6. The van der Waals surface area contributed by atoms with Crippen LogP contribution in [0.15, 0.2) is 59.4 Å². The minimum absolute atomic E-state index is 0.152. The van der Waals surface area contributed by atoms with Crippen LogP contribution in [-0.4, -0.2) is 26.0 Å². The molecule has 4 rings (SSSR count). The van der Waals surface area contributed by atoms with E-state index in [1.54, 1.807) is 18.5 Å². The van der Waals surface area contributed by atoms with Crippen LogP contribution in [0.2, 0.25) is 0 Å². The molecule has 0 saturated heterocycles. The quantitative estimate of drug-likeness (QED) is 0.573. The number of amides is 1. The second-order valence-corrected chi connectivity index (χ2v) is 6.73. The molecule has 1 N–H and O–H groups in total. The number of hydrogen-bond donors (Lipinski definition) is 1. The van der Waals surface area contributed by atoms with Gasteiger partial charge in [-0.2, -0.15) is 4.98 Å². The summed E-state index contributed by atoms with van der Waals surface area (Å²) in [5.41, 5.74) is 3.17. The molecule has 7 nitrogen and oxygen atoms in total. The average molecular weight is 373 g/mol. The van der Waals surface area contributed by atoms with Gasteiger partial charge >= 0.3 is 0 Å². The van der Waals surface area contributed by atoms with Gasteiger partial charge in [0.15, 0.2) is 5.82 Å². The van der Waals surface area contributed by atoms with E-state index in [9.17, 15) is 4.79 Å². The Morgan fingerprint density at radius 2 is 2.04 bits per heavy atom. The molecule has 0 atom stereocenters. The Labute approximate surface area is 161 Å². The van der Waals surface area contributed by atoms with Crippen molar-refractivity contribution in [2.45, 2.75) is 26.3 Å². The van der Waals surface area contributed by atoms with Crippen LogP contribution in [-0.2, 0) is 6.54 Å². The summed E-state index contributed by atoms with van der Waals surface area (Å²) in [6.07, 6.45) is 3.33. The highest BCUT2D eigenvalue weighted by Crippen LogP contribution is 2.22. The smallest absolute Gasteiger partial charge is 0.253 e. The first-order chi connectivity index (χ1) is 13.6. The molecule has 140 valence electrons. The minimum atomic E-state index is -0.238. The highest BCUT2D eigenvalue weighted by atomic mass is 16.5. The zero-order chi connectivity index (χ0) is 19.5. The number of benzene rings is 1. The molecule has 1 aromatic carbocycles. The molecular formula is C21H19N5O2. The lowest BCUT2D eigenvalue weighted by molar-refractivity contribution is 0.0949. The number of fused-ring (bicyclic) bond motifs is 1. The van der Waals surface area contributed by atoms with Crippen LogP contribution in [0.5, 0.6) is 0 Å². The van der Waals surface area contributed by atoms with E-state index >= 15 is 0 Å². The van der Waals surface area contributed by atoms with Gasteiger partial charge in [0.1, 0.15) is 0 Å². The average Bonchev–Trinajstić information content (AvgIpc) is 3.21. The van der Waals surface area contributed by atoms with Gasteiger partial charge in [-0.25, -0.2) is 0 Å². The first-order valence-electron chi connectivity index (χ1n) is 9.02. The monoisotopic (exact) mass is 373 g/mol. The maximum Gasteiger partial charge on any atom is 0.253 e. The third-order valence-electron chi connectivity index (χ3n) is 4.31. The molecule has 3 heterocycles. The molecule has 0 unspecified atom stereocenters. The molecule has 4 aromatic rings. The fourth-order valence-electron chi connectivity index (χ4n) is 2.77. The Hall–Kier alpha value is -3.61. The van der Waals surface area contributed by atoms with Gasteiger partial charge in [0.25, 0.3) is 5.91 Å². The molecule has 0 spiro atoms. The predicted octanol–water partition coefficient (Wildman–Crippen LogP) is 3.73. The summed E-state index contributed by atoms with van der Waals surface area (Å²) in [5, 5.41) is 7.68. The summed E-state index contributed by atoms with van der Waals surface area (Å²) in [6.45, 7) is 4.14. The van der Waals surface area contributed by atoms with Crippen molar-refractivity contribution in [2.24, 2.45) is 0 Å². The van der Waals surface area contributed by atoms with Crippen LogP contribution < -0.4 is 5.32 Å². The topological polar surface area (TPSA) is 93.8 Å². The van der Waals surface area contributed by atoms with Gasteiger partial charge in [-0.05, 0) is 30.3 Å². The van der Waals surface area contributed by atoms with Crippen molar-refractivity contribution in [1.82, 2.24) is 25.4 Å². The Morgan fingerprint density at radius 3 is 2.79 bits per heavy atom. The van der Waals surface area contributed by atoms with E-state index in [0.717, 1.165) is 22.2 Å². The summed E-state index contributed by atoms with van der Waals surface area (Å²) in [5.74, 6) is 0.921. The lowest BCUT2D eigenvalue weighted by Gasteiger charge is -2.05. The number of aromatic nitrogens is 4. The first-order valence-corrected chi connectivity index (χ1v) is 9.02. The van der Waals surface area contributed by atoms with E-state index in [1.807, 2.05) is 50.2 Å². The molecular weight excluding hydrogens is 354 g/mol. The van der Waals surface area contributed by atoms with Crippen molar-refractivity contribution < 1.29 is 9.32 Å². The zero-order valence-electron chi connectivity index (χ0n) is 15.6. The Morgan fingerprint density at radius 1 is 1.14 bits per heavy atom. The molecule has 0 aliphatic rings. The maximum atomic E-state index is 12.3. The Kier molecular flexibility index (Phi) is 4.80. The van der Waals surface area contributed by atoms with Crippen LogP contribution in [0.25, 0.3) is 22.2 Å². The summed E-state index contributed by atoms with van der Waals surface area (Å²) in [7, 11) is 0. The molecule has 1 amide bonds. The van der Waals surface area contributed by atoms with Gasteiger partial charge in [-0.1, -0.05) is 31.1 Å². The molecule has 7 heteroatoms. The Balaban J connectivity index is 1.44. The number of rotatable bonds is 5. The fraction of sp³-hybridized carbons (Fsp3) is 0.190. The number of nitrogens with one attached hydrogen (secondary N) is 1. The largest absolute Gasteiger partial charge is 0.345 e. The standard InChI is InChI=1S/C21H19N5O2/c1-13(2)21-25-19(26-28-21)12-24-20(27)16-6-8-18(23-11-16)15-5-7-17-14(10-15)4-3-9-22-17/h3-11,13H,12H2,1-2H3,(H,24,27). The number of pyridine rings is 2. The lowest BCUT2D eigenvalue weighted by Crippen LogP contribution is -2.23. The van der Waals surface area contributed by atoms with Gasteiger partial charge in [-0.15, -0.1) is 0 Å². The predicted molar refractivity (Wildman–Crippen MR) is 105 cm³/mol. The van der Waals surface area contributed by atoms with Crippen molar-refractivity contribution in [3.63, 3.8) is 0 Å².